The Labute approximate surface area is 176 Å². The normalized spacial score (nSPS) is 16.3. The second-order valence-electron chi connectivity index (χ2n) is 9.02. The Bertz CT molecular complexity index is 866. The summed E-state index contributed by atoms with van der Waals surface area (Å²) in [6, 6.07) is 19.2. The first-order valence-electron chi connectivity index (χ1n) is 11.0. The lowest BCUT2D eigenvalue weighted by molar-refractivity contribution is -0.118. The molecule has 0 N–H and O–H groups in total. The van der Waals surface area contributed by atoms with Crippen LogP contribution in [0.15, 0.2) is 72.3 Å². The number of hydrogen-bond donors (Lipinski definition) is 0. The van der Waals surface area contributed by atoms with E-state index in [0.717, 1.165) is 18.4 Å². The van der Waals surface area contributed by atoms with Crippen LogP contribution in [0.3, 0.4) is 0 Å². The van der Waals surface area contributed by atoms with Crippen molar-refractivity contribution in [1.82, 2.24) is 0 Å². The van der Waals surface area contributed by atoms with E-state index in [4.69, 9.17) is 0 Å². The maximum absolute atomic E-state index is 12.6. The van der Waals surface area contributed by atoms with E-state index in [0.29, 0.717) is 36.4 Å². The third kappa shape index (κ3) is 5.79. The van der Waals surface area contributed by atoms with Crippen molar-refractivity contribution in [1.29, 1.82) is 0 Å². The van der Waals surface area contributed by atoms with Gasteiger partial charge < -0.3 is 0 Å². The highest BCUT2D eigenvalue weighted by atomic mass is 16.1. The number of benzene rings is 2. The highest BCUT2D eigenvalue weighted by molar-refractivity contribution is 5.81. The highest BCUT2D eigenvalue weighted by Gasteiger charge is 2.25. The van der Waals surface area contributed by atoms with Crippen LogP contribution in [0.5, 0.6) is 0 Å². The Kier molecular flexibility index (Phi) is 7.25. The predicted molar refractivity (Wildman–Crippen MR) is 124 cm³/mol. The van der Waals surface area contributed by atoms with Gasteiger partial charge in [-0.05, 0) is 46.9 Å². The monoisotopic (exact) mass is 386 g/mol. The average molecular weight is 387 g/mol. The first-order valence-corrected chi connectivity index (χ1v) is 11.0. The van der Waals surface area contributed by atoms with Crippen molar-refractivity contribution >= 4 is 11.4 Å². The third-order valence-electron chi connectivity index (χ3n) is 5.85. The van der Waals surface area contributed by atoms with Crippen LogP contribution in [-0.4, -0.2) is 5.78 Å². The second-order valence-corrected chi connectivity index (χ2v) is 9.02. The van der Waals surface area contributed by atoms with Gasteiger partial charge in [0.15, 0.2) is 0 Å². The van der Waals surface area contributed by atoms with E-state index < -0.39 is 0 Å². The van der Waals surface area contributed by atoms with Crippen LogP contribution in [-0.2, 0) is 11.2 Å². The van der Waals surface area contributed by atoms with Gasteiger partial charge in [0, 0.05) is 18.8 Å². The summed E-state index contributed by atoms with van der Waals surface area (Å²) in [7, 11) is 0. The van der Waals surface area contributed by atoms with Gasteiger partial charge in [-0.25, -0.2) is 0 Å². The van der Waals surface area contributed by atoms with Crippen molar-refractivity contribution in [3.8, 4) is 0 Å². The largest absolute Gasteiger partial charge is 0.299 e. The molecule has 1 nitrogen and oxygen atoms in total. The number of rotatable bonds is 9. The van der Waals surface area contributed by atoms with Crippen LogP contribution >= 0.6 is 0 Å². The second kappa shape index (κ2) is 9.87. The van der Waals surface area contributed by atoms with Crippen LogP contribution in [0.1, 0.15) is 69.6 Å². The van der Waals surface area contributed by atoms with Crippen LogP contribution < -0.4 is 0 Å². The van der Waals surface area contributed by atoms with Gasteiger partial charge in [-0.1, -0.05) is 100 Å². The number of carbonyl (C=O) groups excluding carboxylic acids is 1. The molecule has 0 spiro atoms. The predicted octanol–water partition coefficient (Wildman–Crippen LogP) is 7.39. The van der Waals surface area contributed by atoms with Gasteiger partial charge in [0.05, 0.1) is 0 Å². The van der Waals surface area contributed by atoms with Gasteiger partial charge in [-0.3, -0.25) is 4.79 Å². The van der Waals surface area contributed by atoms with Gasteiger partial charge >= 0.3 is 0 Å². The molecule has 0 amide bonds. The lowest BCUT2D eigenvalue weighted by Crippen LogP contribution is -2.10. The molecule has 0 fully saturated rings. The van der Waals surface area contributed by atoms with Gasteiger partial charge in [0.2, 0.25) is 0 Å². The fourth-order valence-electron chi connectivity index (χ4n) is 4.18. The van der Waals surface area contributed by atoms with Crippen LogP contribution in [0.25, 0.3) is 5.57 Å². The van der Waals surface area contributed by atoms with Crippen molar-refractivity contribution in [3.05, 3.63) is 89.0 Å². The van der Waals surface area contributed by atoms with Gasteiger partial charge in [0.25, 0.3) is 0 Å². The Hall–Kier alpha value is -2.41. The lowest BCUT2D eigenvalue weighted by atomic mass is 9.82. The summed E-state index contributed by atoms with van der Waals surface area (Å²) in [6.07, 6.45) is 7.71. The molecule has 0 saturated carbocycles. The topological polar surface area (TPSA) is 17.1 Å². The zero-order valence-electron chi connectivity index (χ0n) is 18.3. The molecule has 1 aliphatic rings. The maximum Gasteiger partial charge on any atom is 0.137 e. The summed E-state index contributed by atoms with van der Waals surface area (Å²) >= 11 is 0. The molecule has 152 valence electrons. The molecule has 1 aliphatic carbocycles. The van der Waals surface area contributed by atoms with E-state index in [1.807, 2.05) is 0 Å². The third-order valence-corrected chi connectivity index (χ3v) is 5.85. The Balaban J connectivity index is 1.59. The standard InChI is InChI=1S/C28H34O/c1-20(2)18-28-25(15-17-27(28)24-8-6-5-7-9-24)14-16-26(29)19-22-10-12-23(13-11-22)21(3)4/h5-13,15,17,20-21,28H,14,16,18-19H2,1-4H3. The lowest BCUT2D eigenvalue weighted by Gasteiger charge is -2.22. The molecule has 1 atom stereocenters. The van der Waals surface area contributed by atoms with Crippen molar-refractivity contribution < 1.29 is 4.79 Å². The number of ketones is 1. The van der Waals surface area contributed by atoms with Crippen molar-refractivity contribution in [3.63, 3.8) is 0 Å². The minimum absolute atomic E-state index is 0.333. The molecule has 0 saturated heterocycles. The summed E-state index contributed by atoms with van der Waals surface area (Å²) in [5.41, 5.74) is 6.59. The smallest absolute Gasteiger partial charge is 0.137 e. The number of carbonyl (C=O) groups is 1. The fourth-order valence-corrected chi connectivity index (χ4v) is 4.18. The first kappa shape index (κ1) is 21.3. The highest BCUT2D eigenvalue weighted by Crippen LogP contribution is 2.40. The summed E-state index contributed by atoms with van der Waals surface area (Å²) in [6.45, 7) is 8.96. The molecule has 29 heavy (non-hydrogen) atoms. The molecule has 2 aromatic carbocycles. The zero-order valence-corrected chi connectivity index (χ0v) is 18.3. The van der Waals surface area contributed by atoms with Crippen molar-refractivity contribution in [2.75, 3.05) is 0 Å². The molecule has 3 rings (SSSR count). The molecule has 1 unspecified atom stereocenters. The fraction of sp³-hybridized carbons (Fsp3) is 0.393. The molecule has 0 aromatic heterocycles. The Morgan fingerprint density at radius 2 is 1.59 bits per heavy atom. The minimum Gasteiger partial charge on any atom is -0.299 e. The van der Waals surface area contributed by atoms with E-state index in [1.54, 1.807) is 0 Å². The van der Waals surface area contributed by atoms with Crippen LogP contribution in [0.2, 0.25) is 0 Å². The van der Waals surface area contributed by atoms with E-state index in [1.165, 1.54) is 22.3 Å². The molecular formula is C28H34O. The van der Waals surface area contributed by atoms with Gasteiger partial charge in [-0.15, -0.1) is 0 Å². The number of allylic oxidation sites excluding steroid dienone is 4. The number of Topliss-reactive ketones (excluding diaryl/α,β-unsaturated/α-hetero) is 1. The Morgan fingerprint density at radius 1 is 0.897 bits per heavy atom. The first-order chi connectivity index (χ1) is 13.9. The summed E-state index contributed by atoms with van der Waals surface area (Å²) in [4.78, 5) is 12.6. The molecule has 0 aliphatic heterocycles. The molecule has 0 heterocycles. The van der Waals surface area contributed by atoms with Gasteiger partial charge in [-0.2, -0.15) is 0 Å². The molecule has 0 bridgehead atoms. The zero-order chi connectivity index (χ0) is 20.8. The average Bonchev–Trinajstić information content (AvgIpc) is 3.09. The molecule has 1 heteroatoms. The van der Waals surface area contributed by atoms with E-state index in [2.05, 4.69) is 94.4 Å². The van der Waals surface area contributed by atoms with E-state index >= 15 is 0 Å². The summed E-state index contributed by atoms with van der Waals surface area (Å²) in [5, 5.41) is 0. The van der Waals surface area contributed by atoms with E-state index in [9.17, 15) is 4.79 Å². The summed E-state index contributed by atoms with van der Waals surface area (Å²) < 4.78 is 0. The van der Waals surface area contributed by atoms with Gasteiger partial charge in [0.1, 0.15) is 5.78 Å². The van der Waals surface area contributed by atoms with Crippen molar-refractivity contribution in [2.24, 2.45) is 11.8 Å². The SMILES string of the molecule is CC(C)CC1C(CCC(=O)Cc2ccc(C(C)C)cc2)=CC=C1c1ccccc1. The minimum atomic E-state index is 0.333. The molecule has 0 radical (unpaired) electrons. The maximum atomic E-state index is 12.6. The van der Waals surface area contributed by atoms with Crippen LogP contribution in [0.4, 0.5) is 0 Å². The Morgan fingerprint density at radius 3 is 2.21 bits per heavy atom. The molecular weight excluding hydrogens is 352 g/mol. The van der Waals surface area contributed by atoms with Crippen molar-refractivity contribution in [2.45, 2.75) is 59.3 Å². The number of hydrogen-bond acceptors (Lipinski definition) is 1. The van der Waals surface area contributed by atoms with E-state index in [-0.39, 0.29) is 0 Å². The molecule has 2 aromatic rings. The summed E-state index contributed by atoms with van der Waals surface area (Å²) in [5.74, 6) is 1.93. The quantitative estimate of drug-likeness (QED) is 0.439. The van der Waals surface area contributed by atoms with Crippen LogP contribution in [0, 0.1) is 11.8 Å².